The maximum atomic E-state index is 15.4. The average Bonchev–Trinajstić information content (AvgIpc) is 2.70. The summed E-state index contributed by atoms with van der Waals surface area (Å²) in [5.41, 5.74) is -4.20. The molecule has 2 heterocycles. The van der Waals surface area contributed by atoms with Crippen molar-refractivity contribution in [3.63, 3.8) is 0 Å². The summed E-state index contributed by atoms with van der Waals surface area (Å²) in [6.07, 6.45) is -4.70. The van der Waals surface area contributed by atoms with Gasteiger partial charge in [-0.3, -0.25) is 14.1 Å². The molecule has 5 atom stereocenters. The van der Waals surface area contributed by atoms with Crippen LogP contribution in [0.4, 0.5) is 4.39 Å². The van der Waals surface area contributed by atoms with Crippen molar-refractivity contribution < 1.29 is 52.0 Å². The van der Waals surface area contributed by atoms with Crippen LogP contribution in [0, 0.1) is 4.64 Å². The number of ether oxygens (including phenoxy) is 1. The number of phosphoric ester groups is 1. The van der Waals surface area contributed by atoms with Gasteiger partial charge in [-0.1, -0.05) is 23.8 Å². The smallest absolute Gasteiger partial charge is 0.386 e. The summed E-state index contributed by atoms with van der Waals surface area (Å²) in [5.74, 6) is -4.07. The van der Waals surface area contributed by atoms with Crippen molar-refractivity contribution in [1.29, 1.82) is 0 Å². The number of rotatable bonds is 6. The molecule has 1 fully saturated rings. The summed E-state index contributed by atoms with van der Waals surface area (Å²) in [6.45, 7) is 0. The Kier molecular flexibility index (Phi) is 6.83. The minimum atomic E-state index is -5.89. The number of phosphoric acid groups is 2. The third kappa shape index (κ3) is 4.70. The predicted molar refractivity (Wildman–Crippen MR) is 99.8 cm³/mol. The molecule has 0 amide bonds. The van der Waals surface area contributed by atoms with Crippen molar-refractivity contribution in [3.8, 4) is 0 Å². The lowest BCUT2D eigenvalue weighted by Gasteiger charge is -2.41. The van der Waals surface area contributed by atoms with Crippen LogP contribution in [0.15, 0.2) is 11.0 Å². The van der Waals surface area contributed by atoms with Crippen LogP contribution in [0.1, 0.15) is 0 Å². The number of alkyl halides is 1. The van der Waals surface area contributed by atoms with E-state index in [4.69, 9.17) is 57.1 Å². The highest BCUT2D eigenvalue weighted by atomic mass is 35.5. The van der Waals surface area contributed by atoms with Gasteiger partial charge in [-0.15, -0.1) is 0 Å². The highest BCUT2D eigenvalue weighted by Gasteiger charge is 2.68. The molecule has 1 unspecified atom stereocenters. The minimum Gasteiger partial charge on any atom is -0.386 e. The molecular weight excluding hydrogens is 493 g/mol. The molecule has 30 heavy (non-hydrogen) atoms. The molecule has 1 aliphatic rings. The van der Waals surface area contributed by atoms with Gasteiger partial charge in [-0.05, 0) is 0 Å². The van der Waals surface area contributed by atoms with Crippen LogP contribution in [-0.2, 0) is 28.3 Å². The van der Waals surface area contributed by atoms with Gasteiger partial charge >= 0.3 is 21.3 Å². The van der Waals surface area contributed by atoms with E-state index in [1.165, 1.54) is 0 Å². The van der Waals surface area contributed by atoms with Crippen LogP contribution in [0.2, 0.25) is 5.02 Å². The second-order valence-corrected chi connectivity index (χ2v) is 9.49. The molecule has 0 spiro atoms. The molecule has 160 valence electrons. The first-order valence-corrected chi connectivity index (χ1v) is 11.0. The Balaban J connectivity index is 2.51. The first-order valence-electron chi connectivity index (χ1n) is 7.20. The highest BCUT2D eigenvalue weighted by molar-refractivity contribution is 7.71. The summed E-state index contributed by atoms with van der Waals surface area (Å²) < 4.78 is 49.9. The molecule has 1 saturated heterocycles. The van der Waals surface area contributed by atoms with Crippen molar-refractivity contribution in [1.82, 2.24) is 9.55 Å². The van der Waals surface area contributed by atoms with Crippen molar-refractivity contribution in [3.05, 3.63) is 26.3 Å². The van der Waals surface area contributed by atoms with Crippen LogP contribution < -0.4 is 5.69 Å². The van der Waals surface area contributed by atoms with E-state index in [0.717, 1.165) is 0 Å². The molecule has 0 saturated carbocycles. The number of aromatic nitrogens is 2. The Morgan fingerprint density at radius 1 is 1.33 bits per heavy atom. The molecule has 0 aliphatic carbocycles. The van der Waals surface area contributed by atoms with Gasteiger partial charge in [0.1, 0.15) is 46.0 Å². The van der Waals surface area contributed by atoms with E-state index in [1.54, 1.807) is 0 Å². The van der Waals surface area contributed by atoms with Crippen LogP contribution in [0.5, 0.6) is 0 Å². The summed E-state index contributed by atoms with van der Waals surface area (Å²) in [7, 11) is 4.60. The Morgan fingerprint density at radius 3 is 2.37 bits per heavy atom. The number of nitrogens with one attached hydrogen (secondary N) is 1. The first-order chi connectivity index (χ1) is 13.3. The molecule has 6 radical (unpaired) electrons. The maximum Gasteiger partial charge on any atom is 0.480 e. The number of aliphatic hydroxyl groups is 2. The lowest BCUT2D eigenvalue weighted by atomic mass is 9.59. The van der Waals surface area contributed by atoms with E-state index in [1.807, 2.05) is 4.98 Å². The zero-order valence-electron chi connectivity index (χ0n) is 14.2. The van der Waals surface area contributed by atoms with Gasteiger partial charge in [0.2, 0.25) is 0 Å². The standard InChI is InChI=1S/C9H9B3ClFN2O11P2S/c10-8(16-1-2(13)5(30)15-6(16)19)4(18)3(17)7(14,25-8)9(11,12)26-29(23,24)27-28(20,21)22/h1,3-4,17-18H,(H,23,24)(H,15,19,30)(H2,20,21,22)/t3-,4+,7-,8-/m0/s1. The number of H-pyrrole nitrogens is 1. The predicted octanol–water partition coefficient (Wildman–Crippen LogP) is -2.03. The second-order valence-electron chi connectivity index (χ2n) is 5.92. The SMILES string of the molecule is [B]C([B])(OP(=O)(O)OP(=O)(O)O)[C@@]1(F)O[C@@]([B])(n2cc(Cl)c(=S)[nH]c2=O)[C@H](O)[C@@H]1O. The number of hydrogen-bond acceptors (Lipinski definition) is 9. The molecule has 0 aromatic carbocycles. The van der Waals surface area contributed by atoms with Crippen molar-refractivity contribution in [2.75, 3.05) is 0 Å². The van der Waals surface area contributed by atoms with Gasteiger partial charge in [-0.25, -0.2) is 18.3 Å². The monoisotopic (exact) mass is 502 g/mol. The second kappa shape index (κ2) is 7.90. The first kappa shape index (κ1) is 25.9. The van der Waals surface area contributed by atoms with E-state index in [0.29, 0.717) is 6.20 Å². The van der Waals surface area contributed by atoms with Gasteiger partial charge in [-0.2, -0.15) is 4.31 Å². The number of aromatic amines is 1. The fraction of sp³-hybridized carbons (Fsp3) is 0.556. The van der Waals surface area contributed by atoms with E-state index < -0.39 is 50.4 Å². The Hall–Kier alpha value is -0.345. The third-order valence-corrected chi connectivity index (χ3v) is 6.63. The van der Waals surface area contributed by atoms with Crippen LogP contribution >= 0.6 is 39.5 Å². The molecular formula is C9H9B3ClFN2O11P2S. The maximum absolute atomic E-state index is 15.4. The molecule has 21 heteroatoms. The van der Waals surface area contributed by atoms with Gasteiger partial charge < -0.3 is 29.6 Å². The number of aliphatic hydroxyl groups excluding tert-OH is 2. The molecule has 1 aliphatic heterocycles. The van der Waals surface area contributed by atoms with Gasteiger partial charge in [0.05, 0.1) is 10.4 Å². The van der Waals surface area contributed by atoms with E-state index in [-0.39, 0.29) is 14.2 Å². The van der Waals surface area contributed by atoms with Gasteiger partial charge in [0.15, 0.2) is 0 Å². The summed E-state index contributed by atoms with van der Waals surface area (Å²) in [6, 6.07) is 0. The van der Waals surface area contributed by atoms with E-state index in [2.05, 4.69) is 13.6 Å². The molecule has 0 bridgehead atoms. The Bertz CT molecular complexity index is 1070. The molecule has 2 rings (SSSR count). The normalized spacial score (nSPS) is 32.1. The summed E-state index contributed by atoms with van der Waals surface area (Å²) in [5, 5.41) is 16.2. The molecule has 6 N–H and O–H groups in total. The van der Waals surface area contributed by atoms with E-state index >= 15 is 4.39 Å². The largest absolute Gasteiger partial charge is 0.480 e. The number of hydrogen-bond donors (Lipinski definition) is 6. The summed E-state index contributed by atoms with van der Waals surface area (Å²) >= 11 is 10.4. The lowest BCUT2D eigenvalue weighted by Crippen LogP contribution is -2.60. The Morgan fingerprint density at radius 2 is 1.87 bits per heavy atom. The fourth-order valence-electron chi connectivity index (χ4n) is 2.40. The van der Waals surface area contributed by atoms with Crippen LogP contribution in [-0.4, -0.2) is 81.4 Å². The molecule has 13 nitrogen and oxygen atoms in total. The van der Waals surface area contributed by atoms with Crippen molar-refractivity contribution >= 4 is 63.0 Å². The van der Waals surface area contributed by atoms with E-state index in [9.17, 15) is 29.0 Å². The third-order valence-electron chi connectivity index (χ3n) is 3.70. The van der Waals surface area contributed by atoms with Crippen LogP contribution in [0.3, 0.4) is 0 Å². The lowest BCUT2D eigenvalue weighted by molar-refractivity contribution is -0.239. The topological polar surface area (TPSA) is 201 Å². The zero-order valence-corrected chi connectivity index (χ0v) is 17.5. The average molecular weight is 502 g/mol. The van der Waals surface area contributed by atoms with Gasteiger partial charge in [0, 0.05) is 6.20 Å². The van der Waals surface area contributed by atoms with Crippen molar-refractivity contribution in [2.24, 2.45) is 0 Å². The van der Waals surface area contributed by atoms with Crippen molar-refractivity contribution in [2.45, 2.75) is 29.1 Å². The summed E-state index contributed by atoms with van der Waals surface area (Å²) in [4.78, 5) is 40.6. The van der Waals surface area contributed by atoms with Gasteiger partial charge in [0.25, 0.3) is 5.85 Å². The van der Waals surface area contributed by atoms with Crippen LogP contribution in [0.25, 0.3) is 0 Å². The minimum absolute atomic E-state index is 0.265. The quantitative estimate of drug-likeness (QED) is 0.142. The number of halogens is 2. The number of nitrogens with zero attached hydrogens (tertiary/aromatic N) is 1. The molecule has 1 aromatic heterocycles. The Labute approximate surface area is 180 Å². The highest BCUT2D eigenvalue weighted by Crippen LogP contribution is 2.61. The molecule has 1 aromatic rings. The fourth-order valence-corrected chi connectivity index (χ4v) is 4.40. The zero-order chi connectivity index (χ0) is 23.5.